The average molecular weight is 430 g/mol. The number of rotatable bonds is 4. The molecule has 3 fully saturated rings. The van der Waals surface area contributed by atoms with Gasteiger partial charge in [-0.3, -0.25) is 0 Å². The first-order valence-electron chi connectivity index (χ1n) is 8.35. The molecule has 1 aromatic carbocycles. The Labute approximate surface area is 161 Å². The molecule has 25 heavy (non-hydrogen) atoms. The highest BCUT2D eigenvalue weighted by Crippen LogP contribution is 2.41. The first-order valence-corrected chi connectivity index (χ1v) is 9.14. The number of carbonyl (C=O) groups excluding carboxylic acids is 1. The minimum atomic E-state index is -0.266. The minimum Gasteiger partial charge on any atom is -0.496 e. The first-order chi connectivity index (χ1) is 11.6. The molecule has 2 aromatic rings. The summed E-state index contributed by atoms with van der Waals surface area (Å²) in [5, 5.41) is 0.815. The summed E-state index contributed by atoms with van der Waals surface area (Å²) >= 11 is 3.54. The van der Waals surface area contributed by atoms with E-state index in [0.717, 1.165) is 54.3 Å². The molecule has 0 spiro atoms. The van der Waals surface area contributed by atoms with Crippen LogP contribution in [0.3, 0.4) is 0 Å². The van der Waals surface area contributed by atoms with Gasteiger partial charge in [0, 0.05) is 22.5 Å². The Hall–Kier alpha value is -1.24. The average Bonchev–Trinajstić information content (AvgIpc) is 3.07. The topological polar surface area (TPSA) is 54.6 Å². The molecule has 3 aliphatic rings. The molecule has 2 bridgehead atoms. The van der Waals surface area contributed by atoms with Gasteiger partial charge in [0.1, 0.15) is 5.75 Å². The Morgan fingerprint density at radius 1 is 1.28 bits per heavy atom. The Balaban J connectivity index is 0.00000182. The fraction of sp³-hybridized carbons (Fsp3) is 0.500. The maximum Gasteiger partial charge on any atom is 0.340 e. The van der Waals surface area contributed by atoms with E-state index in [1.165, 1.54) is 0 Å². The van der Waals surface area contributed by atoms with E-state index in [1.807, 2.05) is 12.1 Å². The van der Waals surface area contributed by atoms with Crippen LogP contribution in [0, 0.1) is 5.41 Å². The number of aromatic nitrogens is 1. The molecule has 5 nitrogen and oxygen atoms in total. The van der Waals surface area contributed by atoms with E-state index in [4.69, 9.17) is 9.47 Å². The number of H-pyrrole nitrogens is 1. The van der Waals surface area contributed by atoms with E-state index in [0.29, 0.717) is 17.9 Å². The third kappa shape index (κ3) is 3.27. The van der Waals surface area contributed by atoms with Gasteiger partial charge in [-0.25, -0.2) is 4.79 Å². The number of aromatic amines is 1. The lowest BCUT2D eigenvalue weighted by Gasteiger charge is -2.47. The smallest absolute Gasteiger partial charge is 0.340 e. The molecule has 0 radical (unpaired) electrons. The molecule has 5 rings (SSSR count). The number of nitrogens with zero attached hydrogens (tertiary/aromatic N) is 1. The maximum absolute atomic E-state index is 12.7. The SMILES string of the molecule is COc1ccc2[nH]cc(C(=O)OCC34CCN(CC3)CC4)c2c1Br.Cl. The molecule has 0 atom stereocenters. The van der Waals surface area contributed by atoms with Gasteiger partial charge >= 0.3 is 5.97 Å². The van der Waals surface area contributed by atoms with E-state index in [-0.39, 0.29) is 23.8 Å². The lowest BCUT2D eigenvalue weighted by atomic mass is 9.73. The first kappa shape index (κ1) is 18.5. The summed E-state index contributed by atoms with van der Waals surface area (Å²) in [4.78, 5) is 18.3. The predicted molar refractivity (Wildman–Crippen MR) is 103 cm³/mol. The highest BCUT2D eigenvalue weighted by atomic mass is 79.9. The summed E-state index contributed by atoms with van der Waals surface area (Å²) in [6.45, 7) is 3.92. The van der Waals surface area contributed by atoms with Crippen molar-refractivity contribution in [2.45, 2.75) is 19.3 Å². The van der Waals surface area contributed by atoms with Crippen molar-refractivity contribution in [1.29, 1.82) is 0 Å². The fourth-order valence-corrected chi connectivity index (χ4v) is 4.61. The number of benzene rings is 1. The Morgan fingerprint density at radius 2 is 1.96 bits per heavy atom. The van der Waals surface area contributed by atoms with Crippen LogP contribution in [0.5, 0.6) is 5.75 Å². The van der Waals surface area contributed by atoms with Crippen molar-refractivity contribution in [2.24, 2.45) is 5.41 Å². The molecule has 0 amide bonds. The largest absolute Gasteiger partial charge is 0.496 e. The van der Waals surface area contributed by atoms with Crippen molar-refractivity contribution in [2.75, 3.05) is 33.4 Å². The Kier molecular flexibility index (Phi) is 5.32. The molecule has 0 aliphatic carbocycles. The summed E-state index contributed by atoms with van der Waals surface area (Å²) in [5.74, 6) is 0.437. The zero-order chi connectivity index (χ0) is 16.7. The van der Waals surface area contributed by atoms with Crippen molar-refractivity contribution >= 4 is 45.2 Å². The number of piperidine rings is 3. The number of hydrogen-bond acceptors (Lipinski definition) is 4. The van der Waals surface area contributed by atoms with Gasteiger partial charge in [-0.1, -0.05) is 0 Å². The Morgan fingerprint density at radius 3 is 2.60 bits per heavy atom. The van der Waals surface area contributed by atoms with Crippen LogP contribution in [0.15, 0.2) is 22.8 Å². The van der Waals surface area contributed by atoms with Crippen LogP contribution in [-0.2, 0) is 4.74 Å². The minimum absolute atomic E-state index is 0. The monoisotopic (exact) mass is 428 g/mol. The fourth-order valence-electron chi connectivity index (χ4n) is 3.89. The molecule has 3 saturated heterocycles. The van der Waals surface area contributed by atoms with Crippen molar-refractivity contribution in [3.63, 3.8) is 0 Å². The van der Waals surface area contributed by atoms with E-state index < -0.39 is 0 Å². The van der Waals surface area contributed by atoms with Gasteiger partial charge in [0.2, 0.25) is 0 Å². The third-order valence-corrected chi connectivity index (χ3v) is 6.36. The van der Waals surface area contributed by atoms with E-state index in [2.05, 4.69) is 25.8 Å². The second-order valence-electron chi connectivity index (χ2n) is 6.87. The highest BCUT2D eigenvalue weighted by molar-refractivity contribution is 9.10. The molecule has 0 unspecified atom stereocenters. The number of halogens is 2. The lowest BCUT2D eigenvalue weighted by Crippen LogP contribution is -2.50. The number of hydrogen-bond donors (Lipinski definition) is 1. The van der Waals surface area contributed by atoms with Crippen molar-refractivity contribution in [3.05, 3.63) is 28.4 Å². The summed E-state index contributed by atoms with van der Waals surface area (Å²) < 4.78 is 11.9. The number of fused-ring (bicyclic) bond motifs is 4. The van der Waals surface area contributed by atoms with Crippen LogP contribution >= 0.6 is 28.3 Å². The lowest BCUT2D eigenvalue weighted by molar-refractivity contribution is -0.0304. The number of nitrogens with one attached hydrogen (secondary N) is 1. The van der Waals surface area contributed by atoms with Crippen LogP contribution < -0.4 is 4.74 Å². The van der Waals surface area contributed by atoms with Gasteiger partial charge in [-0.2, -0.15) is 0 Å². The second kappa shape index (κ2) is 7.17. The van der Waals surface area contributed by atoms with Gasteiger partial charge in [-0.15, -0.1) is 12.4 Å². The molecule has 0 saturated carbocycles. The highest BCUT2D eigenvalue weighted by Gasteiger charge is 2.40. The maximum atomic E-state index is 12.7. The van der Waals surface area contributed by atoms with Crippen LogP contribution in [0.1, 0.15) is 29.6 Å². The quantitative estimate of drug-likeness (QED) is 0.746. The normalized spacial score (nSPS) is 24.8. The van der Waals surface area contributed by atoms with Crippen molar-refractivity contribution in [3.8, 4) is 5.75 Å². The van der Waals surface area contributed by atoms with Gasteiger partial charge in [0.05, 0.1) is 23.8 Å². The molecule has 4 heterocycles. The summed E-state index contributed by atoms with van der Waals surface area (Å²) in [5.41, 5.74) is 1.63. The van der Waals surface area contributed by atoms with Crippen LogP contribution in [0.4, 0.5) is 0 Å². The number of methoxy groups -OCH3 is 1. The summed E-state index contributed by atoms with van der Waals surface area (Å²) in [6, 6.07) is 3.78. The number of ether oxygens (including phenoxy) is 2. The molecule has 1 N–H and O–H groups in total. The van der Waals surface area contributed by atoms with Gasteiger partial charge in [0.25, 0.3) is 0 Å². The van der Waals surface area contributed by atoms with Crippen LogP contribution in [-0.4, -0.2) is 49.2 Å². The van der Waals surface area contributed by atoms with Crippen molar-refractivity contribution in [1.82, 2.24) is 9.88 Å². The standard InChI is InChI=1S/C18H21BrN2O3.ClH/c1-23-14-3-2-13-15(16(14)19)12(10-20-13)17(22)24-11-18-4-7-21(8-5-18)9-6-18;/h2-3,10,20H,4-9,11H2,1H3;1H. The molecule has 1 aromatic heterocycles. The third-order valence-electron chi connectivity index (χ3n) is 5.57. The summed E-state index contributed by atoms with van der Waals surface area (Å²) in [6.07, 6.45) is 5.11. The van der Waals surface area contributed by atoms with Crippen LogP contribution in [0.2, 0.25) is 0 Å². The Bertz CT molecular complexity index is 770. The number of carbonyl (C=O) groups is 1. The van der Waals surface area contributed by atoms with E-state index >= 15 is 0 Å². The van der Waals surface area contributed by atoms with Crippen LogP contribution in [0.25, 0.3) is 10.9 Å². The van der Waals surface area contributed by atoms with Crippen molar-refractivity contribution < 1.29 is 14.3 Å². The van der Waals surface area contributed by atoms with Gasteiger partial charge in [-0.05, 0) is 67.0 Å². The molecule has 3 aliphatic heterocycles. The molecule has 136 valence electrons. The molecular formula is C18H22BrClN2O3. The zero-order valence-corrected chi connectivity index (χ0v) is 16.5. The summed E-state index contributed by atoms with van der Waals surface area (Å²) in [7, 11) is 1.62. The second-order valence-corrected chi connectivity index (χ2v) is 7.67. The number of esters is 1. The molecular weight excluding hydrogens is 408 g/mol. The van der Waals surface area contributed by atoms with E-state index in [9.17, 15) is 4.79 Å². The van der Waals surface area contributed by atoms with E-state index in [1.54, 1.807) is 13.3 Å². The van der Waals surface area contributed by atoms with Gasteiger partial charge < -0.3 is 19.4 Å². The van der Waals surface area contributed by atoms with Gasteiger partial charge in [0.15, 0.2) is 0 Å². The molecule has 7 heteroatoms. The zero-order valence-electron chi connectivity index (χ0n) is 14.1. The predicted octanol–water partition coefficient (Wildman–Crippen LogP) is 4.00.